The number of nitrogens with one attached hydrogen (secondary N) is 3. The molecule has 0 heterocycles. The average Bonchev–Trinajstić information content (AvgIpc) is 2.61. The molecule has 2 aromatic carbocycles. The fraction of sp³-hybridized carbons (Fsp3) is 0.333. The van der Waals surface area contributed by atoms with Gasteiger partial charge in [-0.3, -0.25) is 9.52 Å². The van der Waals surface area contributed by atoms with Gasteiger partial charge in [-0.1, -0.05) is 25.8 Å². The number of amides is 1. The summed E-state index contributed by atoms with van der Waals surface area (Å²) in [6, 6.07) is 11.7. The number of carbonyl (C=O) groups is 1. The smallest absolute Gasteiger partial charge is 0.261 e. The quantitative estimate of drug-likeness (QED) is 0.421. The van der Waals surface area contributed by atoms with Gasteiger partial charge in [-0.05, 0) is 80.0 Å². The lowest BCUT2D eigenvalue weighted by molar-refractivity contribution is -0.119. The predicted octanol–water partition coefficient (Wildman–Crippen LogP) is 4.50. The largest absolute Gasteiger partial charge is 0.332 e. The number of rotatable bonds is 8. The topological polar surface area (TPSA) is 87.3 Å². The Bertz CT molecular complexity index is 951. The van der Waals surface area contributed by atoms with Gasteiger partial charge in [0.15, 0.2) is 5.11 Å². The maximum atomic E-state index is 12.6. The maximum absolute atomic E-state index is 12.6. The second kappa shape index (κ2) is 10.4. The number of aryl methyl sites for hydroxylation is 2. The van der Waals surface area contributed by atoms with Crippen LogP contribution in [0.1, 0.15) is 43.7 Å². The van der Waals surface area contributed by atoms with E-state index in [1.807, 2.05) is 19.9 Å². The molecule has 0 atom stereocenters. The first-order chi connectivity index (χ1) is 13.7. The van der Waals surface area contributed by atoms with Crippen LogP contribution in [-0.2, 0) is 14.8 Å². The molecule has 0 bridgehead atoms. The number of hydrogen-bond acceptors (Lipinski definition) is 4. The number of thiocarbonyl (C=S) groups is 1. The molecule has 0 saturated carbocycles. The third kappa shape index (κ3) is 7.47. The third-order valence-corrected chi connectivity index (χ3v) is 5.76. The minimum atomic E-state index is -3.70. The van der Waals surface area contributed by atoms with E-state index in [4.69, 9.17) is 12.2 Å². The number of carbonyl (C=O) groups excluding carboxylic acids is 1. The molecule has 0 aliphatic rings. The van der Waals surface area contributed by atoms with Crippen molar-refractivity contribution in [2.24, 2.45) is 0 Å². The standard InChI is InChI=1S/C21H27N3O3S2/c1-4-5-6-7-20(25)23-21(28)22-17-8-10-19(11-9-17)29(26,27)24-18-13-15(2)12-16(3)14-18/h8-14,24H,4-7H2,1-3H3,(H2,22,23,25,28). The molecule has 0 spiro atoms. The summed E-state index contributed by atoms with van der Waals surface area (Å²) in [5.74, 6) is -0.132. The van der Waals surface area contributed by atoms with Gasteiger partial charge in [-0.15, -0.1) is 0 Å². The number of anilines is 2. The van der Waals surface area contributed by atoms with E-state index in [0.29, 0.717) is 17.8 Å². The molecule has 0 radical (unpaired) electrons. The van der Waals surface area contributed by atoms with E-state index in [1.165, 1.54) is 12.1 Å². The molecule has 29 heavy (non-hydrogen) atoms. The van der Waals surface area contributed by atoms with Crippen molar-refractivity contribution < 1.29 is 13.2 Å². The Morgan fingerprint density at radius 3 is 2.17 bits per heavy atom. The second-order valence-corrected chi connectivity index (χ2v) is 9.06. The third-order valence-electron chi connectivity index (χ3n) is 4.16. The van der Waals surface area contributed by atoms with E-state index in [0.717, 1.165) is 30.4 Å². The van der Waals surface area contributed by atoms with Crippen molar-refractivity contribution in [2.75, 3.05) is 10.0 Å². The highest BCUT2D eigenvalue weighted by atomic mass is 32.2. The molecule has 0 saturated heterocycles. The molecule has 0 unspecified atom stereocenters. The number of unbranched alkanes of at least 4 members (excludes halogenated alkanes) is 2. The lowest BCUT2D eigenvalue weighted by Gasteiger charge is -2.12. The van der Waals surface area contributed by atoms with Gasteiger partial charge in [0.2, 0.25) is 5.91 Å². The summed E-state index contributed by atoms with van der Waals surface area (Å²) in [7, 11) is -3.70. The van der Waals surface area contributed by atoms with Crippen molar-refractivity contribution in [1.29, 1.82) is 0 Å². The van der Waals surface area contributed by atoms with Crippen LogP contribution in [0.4, 0.5) is 11.4 Å². The number of benzene rings is 2. The molecule has 2 aromatic rings. The summed E-state index contributed by atoms with van der Waals surface area (Å²) in [5.41, 5.74) is 3.07. The molecule has 8 heteroatoms. The lowest BCUT2D eigenvalue weighted by atomic mass is 10.1. The van der Waals surface area contributed by atoms with Crippen LogP contribution in [-0.4, -0.2) is 19.4 Å². The van der Waals surface area contributed by atoms with Gasteiger partial charge in [0, 0.05) is 17.8 Å². The summed E-state index contributed by atoms with van der Waals surface area (Å²) in [6.45, 7) is 5.90. The Morgan fingerprint density at radius 2 is 1.59 bits per heavy atom. The van der Waals surface area contributed by atoms with Crippen LogP contribution in [0.2, 0.25) is 0 Å². The van der Waals surface area contributed by atoms with Crippen LogP contribution < -0.4 is 15.4 Å². The highest BCUT2D eigenvalue weighted by Crippen LogP contribution is 2.20. The van der Waals surface area contributed by atoms with Gasteiger partial charge in [-0.25, -0.2) is 8.42 Å². The van der Waals surface area contributed by atoms with Crippen LogP contribution >= 0.6 is 12.2 Å². The highest BCUT2D eigenvalue weighted by molar-refractivity contribution is 7.92. The zero-order valence-corrected chi connectivity index (χ0v) is 18.5. The van der Waals surface area contributed by atoms with Crippen molar-refractivity contribution in [3.63, 3.8) is 0 Å². The lowest BCUT2D eigenvalue weighted by Crippen LogP contribution is -2.33. The van der Waals surface area contributed by atoms with E-state index in [1.54, 1.807) is 24.3 Å². The van der Waals surface area contributed by atoms with Gasteiger partial charge >= 0.3 is 0 Å². The van der Waals surface area contributed by atoms with Crippen LogP contribution in [0.25, 0.3) is 0 Å². The Labute approximate surface area is 178 Å². The first-order valence-electron chi connectivity index (χ1n) is 9.51. The minimum Gasteiger partial charge on any atom is -0.332 e. The molecule has 6 nitrogen and oxygen atoms in total. The molecule has 2 rings (SSSR count). The molecular weight excluding hydrogens is 406 g/mol. The first kappa shape index (κ1) is 22.8. The molecule has 0 aliphatic carbocycles. The molecular formula is C21H27N3O3S2. The SMILES string of the molecule is CCCCCC(=O)NC(=S)Nc1ccc(S(=O)(=O)Nc2cc(C)cc(C)c2)cc1. The first-order valence-corrected chi connectivity index (χ1v) is 11.4. The molecule has 3 N–H and O–H groups in total. The zero-order chi connectivity index (χ0) is 21.4. The summed E-state index contributed by atoms with van der Waals surface area (Å²) in [6.07, 6.45) is 3.30. The summed E-state index contributed by atoms with van der Waals surface area (Å²) in [4.78, 5) is 11.9. The Morgan fingerprint density at radius 1 is 0.966 bits per heavy atom. The van der Waals surface area contributed by atoms with E-state index in [-0.39, 0.29) is 15.9 Å². The summed E-state index contributed by atoms with van der Waals surface area (Å²) < 4.78 is 27.8. The number of hydrogen-bond donors (Lipinski definition) is 3. The van der Waals surface area contributed by atoms with Crippen molar-refractivity contribution in [3.05, 3.63) is 53.6 Å². The van der Waals surface area contributed by atoms with Crippen LogP contribution in [0.3, 0.4) is 0 Å². The Kier molecular flexibility index (Phi) is 8.16. The average molecular weight is 434 g/mol. The van der Waals surface area contributed by atoms with Crippen molar-refractivity contribution in [3.8, 4) is 0 Å². The van der Waals surface area contributed by atoms with Crippen molar-refractivity contribution in [1.82, 2.24) is 5.32 Å². The summed E-state index contributed by atoms with van der Waals surface area (Å²) in [5, 5.41) is 5.71. The fourth-order valence-electron chi connectivity index (χ4n) is 2.85. The molecule has 0 fully saturated rings. The van der Waals surface area contributed by atoms with Gasteiger partial charge in [-0.2, -0.15) is 0 Å². The second-order valence-electron chi connectivity index (χ2n) is 6.97. The number of sulfonamides is 1. The van der Waals surface area contributed by atoms with Crippen LogP contribution in [0, 0.1) is 13.8 Å². The Balaban J connectivity index is 1.98. The van der Waals surface area contributed by atoms with Gasteiger partial charge in [0.25, 0.3) is 10.0 Å². The minimum absolute atomic E-state index is 0.132. The van der Waals surface area contributed by atoms with Crippen LogP contribution in [0.5, 0.6) is 0 Å². The van der Waals surface area contributed by atoms with E-state index in [9.17, 15) is 13.2 Å². The molecule has 0 aliphatic heterocycles. The monoisotopic (exact) mass is 433 g/mol. The van der Waals surface area contributed by atoms with E-state index >= 15 is 0 Å². The van der Waals surface area contributed by atoms with Gasteiger partial charge in [0.05, 0.1) is 4.90 Å². The van der Waals surface area contributed by atoms with Crippen LogP contribution in [0.15, 0.2) is 47.4 Å². The maximum Gasteiger partial charge on any atom is 0.261 e. The zero-order valence-electron chi connectivity index (χ0n) is 16.9. The predicted molar refractivity (Wildman–Crippen MR) is 122 cm³/mol. The molecule has 156 valence electrons. The van der Waals surface area contributed by atoms with E-state index < -0.39 is 10.0 Å². The molecule has 0 aromatic heterocycles. The summed E-state index contributed by atoms with van der Waals surface area (Å²) >= 11 is 5.13. The van der Waals surface area contributed by atoms with Crippen molar-refractivity contribution >= 4 is 44.6 Å². The van der Waals surface area contributed by atoms with Gasteiger partial charge in [0.1, 0.15) is 0 Å². The molecule has 1 amide bonds. The van der Waals surface area contributed by atoms with E-state index in [2.05, 4.69) is 22.3 Å². The normalized spacial score (nSPS) is 11.0. The fourth-order valence-corrected chi connectivity index (χ4v) is 4.12. The Hall–Kier alpha value is -2.45. The van der Waals surface area contributed by atoms with Crippen molar-refractivity contribution in [2.45, 2.75) is 51.3 Å². The van der Waals surface area contributed by atoms with Gasteiger partial charge < -0.3 is 10.6 Å². The highest BCUT2D eigenvalue weighted by Gasteiger charge is 2.15.